The second-order valence-electron chi connectivity index (χ2n) is 6.95. The van der Waals surface area contributed by atoms with Gasteiger partial charge in [0.05, 0.1) is 23.7 Å². The van der Waals surface area contributed by atoms with Crippen molar-refractivity contribution in [2.45, 2.75) is 25.3 Å². The third-order valence-corrected chi connectivity index (χ3v) is 5.18. The second kappa shape index (κ2) is 6.95. The van der Waals surface area contributed by atoms with Crippen molar-refractivity contribution in [1.29, 1.82) is 0 Å². The highest BCUT2D eigenvalue weighted by atomic mass is 19.1. The summed E-state index contributed by atoms with van der Waals surface area (Å²) in [5.74, 6) is -1.02. The predicted octanol–water partition coefficient (Wildman–Crippen LogP) is 2.66. The summed E-state index contributed by atoms with van der Waals surface area (Å²) in [6.07, 6.45) is 1.60. The van der Waals surface area contributed by atoms with Crippen LogP contribution in [0.3, 0.4) is 0 Å². The van der Waals surface area contributed by atoms with Gasteiger partial charge < -0.3 is 4.90 Å². The minimum atomic E-state index is -0.371. The maximum Gasteiger partial charge on any atom is 0.261 e. The molecule has 2 aliphatic rings. The number of imide groups is 1. The first-order valence-electron chi connectivity index (χ1n) is 9.04. The molecule has 27 heavy (non-hydrogen) atoms. The van der Waals surface area contributed by atoms with Crippen LogP contribution in [0.15, 0.2) is 48.5 Å². The minimum absolute atomic E-state index is 0.00742. The zero-order valence-corrected chi connectivity index (χ0v) is 14.7. The Morgan fingerprint density at radius 1 is 0.963 bits per heavy atom. The van der Waals surface area contributed by atoms with Gasteiger partial charge in [-0.2, -0.15) is 0 Å². The van der Waals surface area contributed by atoms with Crippen LogP contribution in [0.2, 0.25) is 0 Å². The molecule has 0 aromatic heterocycles. The molecule has 0 bridgehead atoms. The maximum atomic E-state index is 13.6. The molecule has 1 saturated heterocycles. The van der Waals surface area contributed by atoms with E-state index in [4.69, 9.17) is 0 Å². The Morgan fingerprint density at radius 2 is 1.67 bits per heavy atom. The number of nitrogens with zero attached hydrogens (tertiary/aromatic N) is 2. The lowest BCUT2D eigenvalue weighted by Gasteiger charge is -2.31. The highest BCUT2D eigenvalue weighted by molar-refractivity contribution is 6.21. The summed E-state index contributed by atoms with van der Waals surface area (Å²) < 4.78 is 13.6. The van der Waals surface area contributed by atoms with Crippen LogP contribution in [0, 0.1) is 5.82 Å². The fraction of sp³-hybridized carbons (Fsp3) is 0.286. The zero-order chi connectivity index (χ0) is 19.0. The van der Waals surface area contributed by atoms with Gasteiger partial charge in [0.1, 0.15) is 5.82 Å². The van der Waals surface area contributed by atoms with E-state index in [0.29, 0.717) is 30.5 Å². The summed E-state index contributed by atoms with van der Waals surface area (Å²) in [7, 11) is 0. The molecule has 1 unspecified atom stereocenters. The Kier molecular flexibility index (Phi) is 4.48. The Labute approximate surface area is 156 Å². The lowest BCUT2D eigenvalue weighted by molar-refractivity contribution is -0.129. The number of benzene rings is 2. The first-order chi connectivity index (χ1) is 13.0. The number of fused-ring (bicyclic) bond motifs is 1. The molecule has 0 saturated carbocycles. The molecule has 1 atom stereocenters. The molecule has 2 aromatic carbocycles. The van der Waals surface area contributed by atoms with Crippen molar-refractivity contribution in [2.24, 2.45) is 0 Å². The van der Waals surface area contributed by atoms with E-state index in [0.717, 1.165) is 12.0 Å². The van der Waals surface area contributed by atoms with Gasteiger partial charge in [0.25, 0.3) is 11.8 Å². The normalized spacial score (nSPS) is 17.6. The lowest BCUT2D eigenvalue weighted by atomic mass is 10.0. The van der Waals surface area contributed by atoms with Crippen molar-refractivity contribution in [3.63, 3.8) is 0 Å². The van der Waals surface area contributed by atoms with E-state index in [9.17, 15) is 18.8 Å². The molecule has 0 aliphatic carbocycles. The van der Waals surface area contributed by atoms with Gasteiger partial charge in [-0.15, -0.1) is 0 Å². The average molecular weight is 366 g/mol. The number of carbonyl (C=O) groups excluding carboxylic acids is 3. The largest absolute Gasteiger partial charge is 0.338 e. The Balaban J connectivity index is 1.61. The topological polar surface area (TPSA) is 57.7 Å². The SMILES string of the molecule is O=C1c2ccccc2C(=O)N1CC(Cc1cccc(F)c1)N1CCCC1=O. The van der Waals surface area contributed by atoms with Gasteiger partial charge in [-0.3, -0.25) is 19.3 Å². The van der Waals surface area contributed by atoms with Crippen molar-refractivity contribution < 1.29 is 18.8 Å². The summed E-state index contributed by atoms with van der Waals surface area (Å²) in [5.41, 5.74) is 1.51. The van der Waals surface area contributed by atoms with Crippen molar-refractivity contribution in [2.75, 3.05) is 13.1 Å². The van der Waals surface area contributed by atoms with Crippen LogP contribution in [0.4, 0.5) is 4.39 Å². The van der Waals surface area contributed by atoms with Crippen molar-refractivity contribution in [3.05, 3.63) is 71.0 Å². The molecule has 6 heteroatoms. The van der Waals surface area contributed by atoms with Gasteiger partial charge in [0.2, 0.25) is 5.91 Å². The van der Waals surface area contributed by atoms with E-state index >= 15 is 0 Å². The molecule has 4 rings (SSSR count). The van der Waals surface area contributed by atoms with E-state index in [-0.39, 0.29) is 36.1 Å². The first-order valence-corrected chi connectivity index (χ1v) is 9.04. The first kappa shape index (κ1) is 17.4. The Bertz CT molecular complexity index is 892. The summed E-state index contributed by atoms with van der Waals surface area (Å²) in [5, 5.41) is 0. The number of halogens is 1. The maximum absolute atomic E-state index is 13.6. The molecular formula is C21H19FN2O3. The number of hydrogen-bond donors (Lipinski definition) is 0. The molecule has 0 N–H and O–H groups in total. The summed E-state index contributed by atoms with van der Waals surface area (Å²) in [6, 6.07) is 12.6. The standard InChI is InChI=1S/C21H19FN2O3/c22-15-6-3-5-14(11-15)12-16(23-10-4-9-19(23)25)13-24-20(26)17-7-1-2-8-18(17)21(24)27/h1-3,5-8,11,16H,4,9-10,12-13H2. The number of likely N-dealkylation sites (tertiary alicyclic amines) is 1. The molecule has 2 aliphatic heterocycles. The molecular weight excluding hydrogens is 347 g/mol. The summed E-state index contributed by atoms with van der Waals surface area (Å²) >= 11 is 0. The molecule has 1 fully saturated rings. The van der Waals surface area contributed by atoms with Crippen LogP contribution in [0.1, 0.15) is 39.1 Å². The summed E-state index contributed by atoms with van der Waals surface area (Å²) in [6.45, 7) is 0.691. The van der Waals surface area contributed by atoms with E-state index in [1.807, 2.05) is 0 Å². The number of hydrogen-bond acceptors (Lipinski definition) is 3. The van der Waals surface area contributed by atoms with E-state index < -0.39 is 0 Å². The number of rotatable bonds is 5. The van der Waals surface area contributed by atoms with E-state index in [1.54, 1.807) is 41.3 Å². The zero-order valence-electron chi connectivity index (χ0n) is 14.7. The third-order valence-electron chi connectivity index (χ3n) is 5.18. The molecule has 5 nitrogen and oxygen atoms in total. The van der Waals surface area contributed by atoms with Gasteiger partial charge >= 0.3 is 0 Å². The highest BCUT2D eigenvalue weighted by Crippen LogP contribution is 2.25. The van der Waals surface area contributed by atoms with Crippen molar-refractivity contribution >= 4 is 17.7 Å². The average Bonchev–Trinajstić information content (AvgIpc) is 3.18. The lowest BCUT2D eigenvalue weighted by Crippen LogP contribution is -2.47. The van der Waals surface area contributed by atoms with Gasteiger partial charge in [0, 0.05) is 13.0 Å². The Morgan fingerprint density at radius 3 is 2.26 bits per heavy atom. The molecule has 2 aromatic rings. The molecule has 2 heterocycles. The fourth-order valence-electron chi connectivity index (χ4n) is 3.88. The van der Waals surface area contributed by atoms with Crippen LogP contribution < -0.4 is 0 Å². The molecule has 0 radical (unpaired) electrons. The predicted molar refractivity (Wildman–Crippen MR) is 96.6 cm³/mol. The number of amides is 3. The third kappa shape index (κ3) is 3.23. The van der Waals surface area contributed by atoms with E-state index in [2.05, 4.69) is 0 Å². The van der Waals surface area contributed by atoms with Crippen LogP contribution in [-0.4, -0.2) is 46.7 Å². The van der Waals surface area contributed by atoms with Gasteiger partial charge in [-0.25, -0.2) is 4.39 Å². The minimum Gasteiger partial charge on any atom is -0.338 e. The van der Waals surface area contributed by atoms with Crippen molar-refractivity contribution in [3.8, 4) is 0 Å². The van der Waals surface area contributed by atoms with E-state index in [1.165, 1.54) is 17.0 Å². The quantitative estimate of drug-likeness (QED) is 0.765. The smallest absolute Gasteiger partial charge is 0.261 e. The number of carbonyl (C=O) groups is 3. The van der Waals surface area contributed by atoms with Gasteiger partial charge in [-0.1, -0.05) is 24.3 Å². The van der Waals surface area contributed by atoms with Crippen LogP contribution in [0.5, 0.6) is 0 Å². The second-order valence-corrected chi connectivity index (χ2v) is 6.95. The van der Waals surface area contributed by atoms with Gasteiger partial charge in [0.15, 0.2) is 0 Å². The van der Waals surface area contributed by atoms with Gasteiger partial charge in [-0.05, 0) is 42.7 Å². The molecule has 138 valence electrons. The van der Waals surface area contributed by atoms with Crippen LogP contribution in [0.25, 0.3) is 0 Å². The monoisotopic (exact) mass is 366 g/mol. The molecule has 3 amide bonds. The van der Waals surface area contributed by atoms with Crippen LogP contribution >= 0.6 is 0 Å². The van der Waals surface area contributed by atoms with Crippen molar-refractivity contribution in [1.82, 2.24) is 9.80 Å². The highest BCUT2D eigenvalue weighted by Gasteiger charge is 2.38. The van der Waals surface area contributed by atoms with Crippen LogP contribution in [-0.2, 0) is 11.2 Å². The Hall–Kier alpha value is -3.02. The summed E-state index contributed by atoms with van der Waals surface area (Å²) in [4.78, 5) is 40.6. The fourth-order valence-corrected chi connectivity index (χ4v) is 3.88. The molecule has 0 spiro atoms.